The monoisotopic (exact) mass is 491 g/mol. The van der Waals surface area contributed by atoms with E-state index in [1.54, 1.807) is 44.1 Å². The predicted octanol–water partition coefficient (Wildman–Crippen LogP) is 3.96. The molecule has 1 fully saturated rings. The topological polar surface area (TPSA) is 128 Å². The molecule has 0 aliphatic carbocycles. The van der Waals surface area contributed by atoms with Gasteiger partial charge in [0.2, 0.25) is 11.8 Å². The number of nitrogens with zero attached hydrogens (tertiary/aromatic N) is 4. The number of methoxy groups -OCH3 is 3. The molecule has 4 N–H and O–H groups in total. The molecule has 188 valence electrons. The van der Waals surface area contributed by atoms with Gasteiger partial charge in [-0.3, -0.25) is 4.57 Å². The van der Waals surface area contributed by atoms with Crippen molar-refractivity contribution in [1.29, 1.82) is 0 Å². The van der Waals surface area contributed by atoms with Crippen LogP contribution in [0, 0.1) is 0 Å². The molecule has 1 aliphatic heterocycles. The average Bonchev–Trinajstić information content (AvgIpc) is 3.21. The number of benzene rings is 2. The number of aromatic hydroxyl groups is 2. The van der Waals surface area contributed by atoms with E-state index in [2.05, 4.69) is 9.88 Å². The third kappa shape index (κ3) is 4.04. The van der Waals surface area contributed by atoms with Crippen LogP contribution in [0.15, 0.2) is 42.5 Å². The van der Waals surface area contributed by atoms with E-state index in [0.29, 0.717) is 65.7 Å². The summed E-state index contributed by atoms with van der Waals surface area (Å²) in [5, 5.41) is 22.3. The number of aromatic nitrogens is 3. The smallest absolute Gasteiger partial charge is 0.227 e. The van der Waals surface area contributed by atoms with Crippen molar-refractivity contribution in [3.8, 4) is 40.1 Å². The maximum atomic E-state index is 11.0. The zero-order valence-corrected chi connectivity index (χ0v) is 20.4. The van der Waals surface area contributed by atoms with Crippen LogP contribution < -0.4 is 24.8 Å². The van der Waals surface area contributed by atoms with Crippen LogP contribution in [-0.2, 0) is 0 Å². The summed E-state index contributed by atoms with van der Waals surface area (Å²) >= 11 is 0. The highest BCUT2D eigenvalue weighted by Gasteiger charge is 2.28. The zero-order valence-electron chi connectivity index (χ0n) is 20.4. The van der Waals surface area contributed by atoms with Crippen LogP contribution in [-0.4, -0.2) is 59.2 Å². The first kappa shape index (κ1) is 23.4. The standard InChI is InChI=1S/C26H29N5O5/c1-34-17-6-4-15(5-7-17)18-13-23(32)31(25(18)33)16-8-10-30(11-9-16)26-28-20-14-22(36-3)21(35-2)12-19(20)24(27)29-26/h4-7,12-14,16,32-33H,8-11H2,1-3H3,(H2,27,28,29). The molecule has 1 saturated heterocycles. The molecule has 0 amide bonds. The van der Waals surface area contributed by atoms with Gasteiger partial charge < -0.3 is 35.1 Å². The lowest BCUT2D eigenvalue weighted by Crippen LogP contribution is -2.35. The summed E-state index contributed by atoms with van der Waals surface area (Å²) in [6, 6.07) is 12.4. The van der Waals surface area contributed by atoms with Crippen molar-refractivity contribution in [1.82, 2.24) is 14.5 Å². The third-order valence-electron chi connectivity index (χ3n) is 6.72. The van der Waals surface area contributed by atoms with Crippen molar-refractivity contribution in [3.63, 3.8) is 0 Å². The highest BCUT2D eigenvalue weighted by atomic mass is 16.5. The molecule has 0 unspecified atom stereocenters. The minimum Gasteiger partial charge on any atom is -0.497 e. The van der Waals surface area contributed by atoms with Gasteiger partial charge in [0.25, 0.3) is 0 Å². The normalized spacial score (nSPS) is 14.2. The fraction of sp³-hybridized carbons (Fsp3) is 0.308. The van der Waals surface area contributed by atoms with Gasteiger partial charge in [-0.2, -0.15) is 4.98 Å². The molecule has 1 aliphatic rings. The molecule has 0 atom stereocenters. The number of piperidine rings is 1. The second kappa shape index (κ2) is 9.37. The Kier molecular flexibility index (Phi) is 6.09. The summed E-state index contributed by atoms with van der Waals surface area (Å²) < 4.78 is 17.6. The molecule has 2 aromatic heterocycles. The van der Waals surface area contributed by atoms with E-state index >= 15 is 0 Å². The van der Waals surface area contributed by atoms with Crippen molar-refractivity contribution >= 4 is 22.7 Å². The van der Waals surface area contributed by atoms with E-state index < -0.39 is 0 Å². The van der Waals surface area contributed by atoms with Crippen molar-refractivity contribution in [2.45, 2.75) is 18.9 Å². The molecule has 36 heavy (non-hydrogen) atoms. The number of anilines is 2. The Bertz CT molecular complexity index is 1390. The summed E-state index contributed by atoms with van der Waals surface area (Å²) in [6.45, 7) is 1.27. The van der Waals surface area contributed by atoms with E-state index in [1.165, 1.54) is 0 Å². The van der Waals surface area contributed by atoms with Gasteiger partial charge in [-0.1, -0.05) is 12.1 Å². The second-order valence-corrected chi connectivity index (χ2v) is 8.69. The quantitative estimate of drug-likeness (QED) is 0.367. The Labute approximate surface area is 208 Å². The Morgan fingerprint density at radius 1 is 0.889 bits per heavy atom. The molecule has 5 rings (SSSR count). The van der Waals surface area contributed by atoms with Crippen LogP contribution >= 0.6 is 0 Å². The zero-order chi connectivity index (χ0) is 25.4. The molecule has 0 saturated carbocycles. The molecule has 0 spiro atoms. The van der Waals surface area contributed by atoms with Gasteiger partial charge in [-0.25, -0.2) is 4.98 Å². The van der Waals surface area contributed by atoms with Gasteiger partial charge in [0, 0.05) is 42.2 Å². The molecule has 2 aromatic carbocycles. The summed E-state index contributed by atoms with van der Waals surface area (Å²) in [4.78, 5) is 11.3. The van der Waals surface area contributed by atoms with Gasteiger partial charge in [0.1, 0.15) is 11.6 Å². The largest absolute Gasteiger partial charge is 0.497 e. The summed E-state index contributed by atoms with van der Waals surface area (Å²) in [5.74, 6) is 2.83. The fourth-order valence-electron chi connectivity index (χ4n) is 4.78. The third-order valence-corrected chi connectivity index (χ3v) is 6.72. The average molecular weight is 492 g/mol. The van der Waals surface area contributed by atoms with E-state index in [0.717, 1.165) is 11.3 Å². The molecule has 10 nitrogen and oxygen atoms in total. The summed E-state index contributed by atoms with van der Waals surface area (Å²) in [6.07, 6.45) is 1.37. The number of ether oxygens (including phenoxy) is 3. The Morgan fingerprint density at radius 2 is 1.56 bits per heavy atom. The summed E-state index contributed by atoms with van der Waals surface area (Å²) in [7, 11) is 4.75. The molecule has 0 bridgehead atoms. The number of nitrogens with two attached hydrogens (primary N) is 1. The number of fused-ring (bicyclic) bond motifs is 1. The van der Waals surface area contributed by atoms with Gasteiger partial charge in [0.15, 0.2) is 17.4 Å². The SMILES string of the molecule is COc1ccc(-c2cc(O)n(C3CCN(c4nc(N)c5cc(OC)c(OC)cc5n4)CC3)c2O)cc1. The molecular weight excluding hydrogens is 462 g/mol. The Hall–Kier alpha value is -4.34. The van der Waals surface area contributed by atoms with Crippen LogP contribution in [0.25, 0.3) is 22.0 Å². The van der Waals surface area contributed by atoms with E-state index in [1.807, 2.05) is 24.3 Å². The van der Waals surface area contributed by atoms with E-state index in [-0.39, 0.29) is 17.8 Å². The van der Waals surface area contributed by atoms with E-state index in [4.69, 9.17) is 24.9 Å². The van der Waals surface area contributed by atoms with Crippen molar-refractivity contribution < 1.29 is 24.4 Å². The van der Waals surface area contributed by atoms with Crippen LogP contribution in [0.2, 0.25) is 0 Å². The van der Waals surface area contributed by atoms with Crippen LogP contribution in [0.3, 0.4) is 0 Å². The molecule has 4 aromatic rings. The molecular formula is C26H29N5O5. The van der Waals surface area contributed by atoms with Crippen LogP contribution in [0.5, 0.6) is 29.0 Å². The van der Waals surface area contributed by atoms with Gasteiger partial charge in [-0.05, 0) is 36.6 Å². The maximum Gasteiger partial charge on any atom is 0.227 e. The first-order chi connectivity index (χ1) is 17.4. The number of rotatable bonds is 6. The van der Waals surface area contributed by atoms with Crippen molar-refractivity contribution in [2.24, 2.45) is 0 Å². The second-order valence-electron chi connectivity index (χ2n) is 8.69. The first-order valence-electron chi connectivity index (χ1n) is 11.6. The van der Waals surface area contributed by atoms with Crippen LogP contribution in [0.1, 0.15) is 18.9 Å². The van der Waals surface area contributed by atoms with Crippen molar-refractivity contribution in [3.05, 3.63) is 42.5 Å². The minimum atomic E-state index is -0.0737. The number of hydrogen-bond acceptors (Lipinski definition) is 9. The lowest BCUT2D eigenvalue weighted by atomic mass is 10.0. The lowest BCUT2D eigenvalue weighted by molar-refractivity contribution is 0.300. The van der Waals surface area contributed by atoms with Crippen LogP contribution in [0.4, 0.5) is 11.8 Å². The Morgan fingerprint density at radius 3 is 2.19 bits per heavy atom. The predicted molar refractivity (Wildman–Crippen MR) is 137 cm³/mol. The fourth-order valence-corrected chi connectivity index (χ4v) is 4.78. The minimum absolute atomic E-state index is 0.0315. The maximum absolute atomic E-state index is 11.0. The summed E-state index contributed by atoms with van der Waals surface area (Å²) in [5.41, 5.74) is 8.30. The highest BCUT2D eigenvalue weighted by Crippen LogP contribution is 2.42. The molecule has 3 heterocycles. The van der Waals surface area contributed by atoms with E-state index in [9.17, 15) is 10.2 Å². The van der Waals surface area contributed by atoms with Gasteiger partial charge in [-0.15, -0.1) is 0 Å². The van der Waals surface area contributed by atoms with Gasteiger partial charge in [0.05, 0.1) is 26.8 Å². The van der Waals surface area contributed by atoms with Gasteiger partial charge >= 0.3 is 0 Å². The molecule has 0 radical (unpaired) electrons. The first-order valence-corrected chi connectivity index (χ1v) is 11.6. The lowest BCUT2D eigenvalue weighted by Gasteiger charge is -2.33. The van der Waals surface area contributed by atoms with Crippen molar-refractivity contribution in [2.75, 3.05) is 45.1 Å². The Balaban J connectivity index is 1.36. The highest BCUT2D eigenvalue weighted by molar-refractivity contribution is 5.91. The number of hydrogen-bond donors (Lipinski definition) is 3. The molecule has 10 heteroatoms. The number of nitrogen functional groups attached to an aromatic ring is 1.